The highest BCUT2D eigenvalue weighted by molar-refractivity contribution is 5.91. The van der Waals surface area contributed by atoms with Crippen LogP contribution in [0.2, 0.25) is 0 Å². The molecule has 0 saturated heterocycles. The molecule has 0 saturated carbocycles. The van der Waals surface area contributed by atoms with Crippen molar-refractivity contribution in [3.05, 3.63) is 191 Å². The smallest absolute Gasteiger partial charge is 0.338 e. The first kappa shape index (κ1) is 118. The summed E-state index contributed by atoms with van der Waals surface area (Å²) in [5, 5.41) is 0. The Hall–Kier alpha value is -12.0. The molecule has 4 unspecified atom stereocenters. The van der Waals surface area contributed by atoms with Crippen LogP contribution in [0.3, 0.4) is 0 Å². The number of carbonyl (C=O) groups is 5. The van der Waals surface area contributed by atoms with E-state index < -0.39 is 5.97 Å². The predicted octanol–water partition coefficient (Wildman–Crippen LogP) is 28.2. The fraction of sp³-hybridized carbons (Fsp3) is 0.538. The molecule has 0 aliphatic carbocycles. The summed E-state index contributed by atoms with van der Waals surface area (Å²) in [6.07, 6.45) is 42.2. The van der Waals surface area contributed by atoms with Gasteiger partial charge in [0.15, 0.2) is 46.0 Å². The number of unbranched alkanes of at least 4 members (excludes halogenated alkanes) is 15. The highest BCUT2D eigenvalue weighted by atomic mass is 16.6. The number of rotatable bonds is 80. The first-order chi connectivity index (χ1) is 69.9. The zero-order valence-corrected chi connectivity index (χ0v) is 88.1. The van der Waals surface area contributed by atoms with Crippen molar-refractivity contribution in [2.45, 2.75) is 281 Å². The average molecular weight is 1980 g/mol. The van der Waals surface area contributed by atoms with Crippen LogP contribution in [-0.4, -0.2) is 144 Å². The summed E-state index contributed by atoms with van der Waals surface area (Å²) in [5.74, 6) is 7.53. The number of hydrogen-bond acceptors (Lipinski definition) is 24. The predicted molar refractivity (Wildman–Crippen MR) is 567 cm³/mol. The standard InChI is InChI=1S/C119H166O24/c1-14-23-24-33-70-137-119(124)100-79-105(138-88-98-71-101(129-62-34-25-29-38-66-133-107-54-46-94(75-111(107)125-10)50-58-115(120)140-84-90(19-6)42-15-2)81-102(72-98)130-63-35-26-30-39-67-134-108-55-47-95(76-112(108)126-11)51-59-116(121)141-85-91(20-7)43-16-3)83-106(80-100)139-89-99-73-103(131-64-36-27-31-40-68-135-109-56-48-96(77-113(109)127-12)52-60-117(122)142-86-92(21-8)44-17-4)82-104(74-99)132-65-37-28-32-41-69-136-110-57-49-97(78-114(110)128-13)53-61-118(123)143-87-93(22-9)45-18-5/h46-61,71-83,90-93H,14-45,62-70,84-89H2,1-13H3. The third-order valence-corrected chi connectivity index (χ3v) is 24.6. The SMILES string of the molecule is CCCCCCOC(=O)c1cc(OCc2cc(OCCCCCCOc3ccc(C=CC(=O)OCC(CC)CCC)cc3OC)cc(OCCCCCCOc3ccc(C=CC(=O)OCC(CC)CCC)cc3OC)c2)cc(OCc2cc(OCCCCCCOc3ccc(C=CC(=O)OCC(CC)CCC)cc3OC)cc(OCCCCCCOc3ccc(C=CC(=O)OCC(CC)CCC)cc3OC)c2)c1. The summed E-state index contributed by atoms with van der Waals surface area (Å²) in [6.45, 7) is 25.0. The third-order valence-electron chi connectivity index (χ3n) is 24.6. The van der Waals surface area contributed by atoms with Crippen molar-refractivity contribution in [1.29, 1.82) is 0 Å². The molecule has 24 nitrogen and oxygen atoms in total. The van der Waals surface area contributed by atoms with Crippen molar-refractivity contribution >= 4 is 54.2 Å². The largest absolute Gasteiger partial charge is 0.493 e. The molecule has 0 aromatic heterocycles. The van der Waals surface area contributed by atoms with Crippen molar-refractivity contribution in [2.24, 2.45) is 23.7 Å². The van der Waals surface area contributed by atoms with Gasteiger partial charge in [0.05, 0.1) is 120 Å². The van der Waals surface area contributed by atoms with Gasteiger partial charge in [-0.25, -0.2) is 24.0 Å². The van der Waals surface area contributed by atoms with Gasteiger partial charge >= 0.3 is 29.8 Å². The maximum absolute atomic E-state index is 14.1. The molecule has 7 aromatic carbocycles. The molecule has 0 amide bonds. The normalized spacial score (nSPS) is 12.2. The van der Waals surface area contributed by atoms with Crippen LogP contribution < -0.4 is 66.3 Å². The molecule has 0 N–H and O–H groups in total. The molecule has 4 atom stereocenters. The second kappa shape index (κ2) is 72.3. The van der Waals surface area contributed by atoms with Crippen LogP contribution >= 0.6 is 0 Å². The minimum Gasteiger partial charge on any atom is -0.493 e. The Labute approximate surface area is 853 Å². The minimum atomic E-state index is -0.495. The third kappa shape index (κ3) is 48.8. The fourth-order valence-corrected chi connectivity index (χ4v) is 16.0. The van der Waals surface area contributed by atoms with Gasteiger partial charge in [0.1, 0.15) is 47.7 Å². The summed E-state index contributed by atoms with van der Waals surface area (Å²) in [4.78, 5) is 64.3. The molecule has 143 heavy (non-hydrogen) atoms. The quantitative estimate of drug-likeness (QED) is 0.0148. The van der Waals surface area contributed by atoms with E-state index in [1.807, 2.05) is 109 Å². The number of carbonyl (C=O) groups excluding carboxylic acids is 5. The van der Waals surface area contributed by atoms with Gasteiger partial charge in [-0.05, 0) is 301 Å². The maximum Gasteiger partial charge on any atom is 0.338 e. The number of ether oxygens (including phenoxy) is 19. The van der Waals surface area contributed by atoms with Crippen molar-refractivity contribution in [2.75, 3.05) is 114 Å². The Balaban J connectivity index is 1.01. The first-order valence-electron chi connectivity index (χ1n) is 52.9. The number of hydrogen-bond donors (Lipinski definition) is 0. The fourth-order valence-electron chi connectivity index (χ4n) is 16.0. The summed E-state index contributed by atoms with van der Waals surface area (Å²) in [5.41, 5.74) is 5.02. The van der Waals surface area contributed by atoms with Gasteiger partial charge in [0.25, 0.3) is 0 Å². The average Bonchev–Trinajstić information content (AvgIpc) is 0.838. The summed E-state index contributed by atoms with van der Waals surface area (Å²) >= 11 is 0. The van der Waals surface area contributed by atoms with Crippen LogP contribution in [0.1, 0.15) is 312 Å². The molecular weight excluding hydrogens is 1810 g/mol. The van der Waals surface area contributed by atoms with Crippen LogP contribution in [0.5, 0.6) is 80.5 Å². The van der Waals surface area contributed by atoms with Crippen molar-refractivity contribution < 1.29 is 114 Å². The molecule has 0 radical (unpaired) electrons. The van der Waals surface area contributed by atoms with E-state index in [9.17, 15) is 24.0 Å². The Kier molecular flexibility index (Phi) is 59.7. The molecule has 0 fully saturated rings. The Morgan fingerprint density at radius 3 is 0.713 bits per heavy atom. The molecule has 0 aliphatic rings. The van der Waals surface area contributed by atoms with E-state index in [0.29, 0.717) is 183 Å². The monoisotopic (exact) mass is 1980 g/mol. The second-order valence-electron chi connectivity index (χ2n) is 36.3. The number of benzene rings is 7. The topological polar surface area (TPSA) is 261 Å². The van der Waals surface area contributed by atoms with E-state index in [-0.39, 0.29) is 49.3 Å². The van der Waals surface area contributed by atoms with E-state index in [1.165, 1.54) is 24.3 Å². The molecule has 7 aromatic rings. The molecule has 786 valence electrons. The van der Waals surface area contributed by atoms with Gasteiger partial charge in [-0.15, -0.1) is 0 Å². The van der Waals surface area contributed by atoms with E-state index in [1.54, 1.807) is 70.9 Å². The Morgan fingerprint density at radius 1 is 0.238 bits per heavy atom. The van der Waals surface area contributed by atoms with E-state index in [4.69, 9.17) is 90.0 Å². The van der Waals surface area contributed by atoms with Crippen LogP contribution in [0.4, 0.5) is 0 Å². The van der Waals surface area contributed by atoms with Crippen molar-refractivity contribution in [3.8, 4) is 80.5 Å². The molecule has 7 rings (SSSR count). The molecule has 0 heterocycles. The van der Waals surface area contributed by atoms with Crippen LogP contribution in [0.15, 0.2) is 152 Å². The lowest BCUT2D eigenvalue weighted by molar-refractivity contribution is -0.140. The lowest BCUT2D eigenvalue weighted by Gasteiger charge is -2.16. The number of methoxy groups -OCH3 is 4. The Bertz CT molecular complexity index is 4360. The van der Waals surface area contributed by atoms with Crippen molar-refractivity contribution in [1.82, 2.24) is 0 Å². The van der Waals surface area contributed by atoms with Gasteiger partial charge in [0.2, 0.25) is 0 Å². The van der Waals surface area contributed by atoms with Crippen LogP contribution in [-0.2, 0) is 56.1 Å². The first-order valence-corrected chi connectivity index (χ1v) is 52.9. The highest BCUT2D eigenvalue weighted by Gasteiger charge is 2.20. The zero-order valence-electron chi connectivity index (χ0n) is 88.1. The lowest BCUT2D eigenvalue weighted by atomic mass is 10.0. The summed E-state index contributed by atoms with van der Waals surface area (Å²) in [7, 11) is 6.41. The highest BCUT2D eigenvalue weighted by Crippen LogP contribution is 2.36. The second-order valence-corrected chi connectivity index (χ2v) is 36.3. The summed E-state index contributed by atoms with van der Waals surface area (Å²) in [6, 6.07) is 39.2. The summed E-state index contributed by atoms with van der Waals surface area (Å²) < 4.78 is 115. The van der Waals surface area contributed by atoms with Crippen LogP contribution in [0, 0.1) is 23.7 Å². The van der Waals surface area contributed by atoms with Crippen molar-refractivity contribution in [3.63, 3.8) is 0 Å². The number of esters is 5. The molecule has 24 heteroatoms. The van der Waals surface area contributed by atoms with Gasteiger partial charge in [-0.2, -0.15) is 0 Å². The molecular formula is C119H166O24. The van der Waals surface area contributed by atoms with Gasteiger partial charge in [-0.3, -0.25) is 0 Å². The zero-order chi connectivity index (χ0) is 102. The van der Waals surface area contributed by atoms with Crippen LogP contribution in [0.25, 0.3) is 24.3 Å². The Morgan fingerprint density at radius 2 is 0.476 bits per heavy atom. The van der Waals surface area contributed by atoms with Gasteiger partial charge < -0.3 is 90.0 Å². The van der Waals surface area contributed by atoms with E-state index >= 15 is 0 Å². The molecule has 0 bridgehead atoms. The minimum absolute atomic E-state index is 0.0894. The van der Waals surface area contributed by atoms with E-state index in [0.717, 1.165) is 239 Å². The van der Waals surface area contributed by atoms with E-state index in [2.05, 4.69) is 62.3 Å². The molecule has 0 spiro atoms. The lowest BCUT2D eigenvalue weighted by Crippen LogP contribution is -2.11. The maximum atomic E-state index is 14.1. The molecule has 0 aliphatic heterocycles. The van der Waals surface area contributed by atoms with Gasteiger partial charge in [-0.1, -0.05) is 157 Å². The van der Waals surface area contributed by atoms with Gasteiger partial charge in [0, 0.05) is 42.5 Å².